The molecule has 0 aliphatic heterocycles. The van der Waals surface area contributed by atoms with Crippen molar-refractivity contribution < 1.29 is 14.6 Å². The number of hydrogen-bond donors (Lipinski definition) is 1. The van der Waals surface area contributed by atoms with Gasteiger partial charge in [-0.15, -0.1) is 0 Å². The minimum Gasteiger partial charge on any atom is -0.444 e. The summed E-state index contributed by atoms with van der Waals surface area (Å²) < 4.78 is 5.03. The van der Waals surface area contributed by atoms with Crippen LogP contribution in [-0.2, 0) is 9.84 Å². The number of carbonyl (C=O) groups excluding carboxylic acids is 1. The normalized spacial score (nSPS) is 11.1. The average Bonchev–Trinajstić information content (AvgIpc) is 2.00. The fourth-order valence-electron chi connectivity index (χ4n) is 0.908. The molecule has 0 unspecified atom stereocenters. The molecule has 0 aromatic rings. The molecule has 0 heterocycles. The lowest BCUT2D eigenvalue weighted by Gasteiger charge is -2.19. The minimum atomic E-state index is -0.445. The van der Waals surface area contributed by atoms with Crippen LogP contribution in [0.25, 0.3) is 0 Å². The van der Waals surface area contributed by atoms with Crippen molar-refractivity contribution >= 4 is 6.09 Å². The molecule has 0 spiro atoms. The zero-order chi connectivity index (χ0) is 11.0. The van der Waals surface area contributed by atoms with E-state index < -0.39 is 5.60 Å². The zero-order valence-electron chi connectivity index (χ0n) is 9.26. The van der Waals surface area contributed by atoms with Crippen molar-refractivity contribution in [1.29, 1.82) is 0 Å². The Kier molecular flexibility index (Phi) is 6.28. The Hall–Kier alpha value is -0.770. The Balaban J connectivity index is 3.36. The van der Waals surface area contributed by atoms with Crippen molar-refractivity contribution in [2.45, 2.75) is 45.6 Å². The van der Waals surface area contributed by atoms with Crippen LogP contribution in [0.5, 0.6) is 0 Å². The van der Waals surface area contributed by atoms with Gasteiger partial charge in [-0.2, -0.15) is 0 Å². The van der Waals surface area contributed by atoms with Crippen molar-refractivity contribution in [2.75, 3.05) is 13.2 Å². The van der Waals surface area contributed by atoms with Gasteiger partial charge in [0.05, 0.1) is 6.61 Å². The molecule has 0 aliphatic carbocycles. The van der Waals surface area contributed by atoms with E-state index in [1.54, 1.807) is 0 Å². The topological polar surface area (TPSA) is 58.2 Å². The van der Waals surface area contributed by atoms with Crippen LogP contribution in [0.1, 0.15) is 40.0 Å². The van der Waals surface area contributed by atoms with E-state index in [-0.39, 0.29) is 12.7 Å². The highest BCUT2D eigenvalue weighted by Crippen LogP contribution is 2.06. The molecule has 0 saturated heterocycles. The summed E-state index contributed by atoms with van der Waals surface area (Å²) in [6.07, 6.45) is 1.98. The van der Waals surface area contributed by atoms with Gasteiger partial charge in [0.2, 0.25) is 0 Å². The highest BCUT2D eigenvalue weighted by atomic mass is 16.6. The average molecular weight is 202 g/mol. The number of carbonyl (C=O) groups is 1. The molecule has 83 valence electrons. The Labute approximate surface area is 85.6 Å². The van der Waals surface area contributed by atoms with Crippen molar-refractivity contribution in [1.82, 2.24) is 5.32 Å². The summed E-state index contributed by atoms with van der Waals surface area (Å²) >= 11 is 0. The van der Waals surface area contributed by atoms with E-state index in [4.69, 9.17) is 4.74 Å². The van der Waals surface area contributed by atoms with Crippen LogP contribution in [0.3, 0.4) is 0 Å². The third-order valence-corrected chi connectivity index (χ3v) is 1.49. The Morgan fingerprint density at radius 3 is 2.36 bits per heavy atom. The van der Waals surface area contributed by atoms with Crippen molar-refractivity contribution in [3.8, 4) is 0 Å². The summed E-state index contributed by atoms with van der Waals surface area (Å²) in [5.41, 5.74) is -0.445. The van der Waals surface area contributed by atoms with Crippen molar-refractivity contribution in [3.63, 3.8) is 0 Å². The molecule has 4 nitrogen and oxygen atoms in total. The van der Waals surface area contributed by atoms with Crippen LogP contribution >= 0.6 is 0 Å². The molecule has 0 atom stereocenters. The lowest BCUT2D eigenvalue weighted by atomic mass is 10.2. The first-order chi connectivity index (χ1) is 6.45. The molecule has 0 aliphatic rings. The van der Waals surface area contributed by atoms with Gasteiger partial charge in [0.15, 0.2) is 0 Å². The van der Waals surface area contributed by atoms with E-state index in [2.05, 4.69) is 5.32 Å². The summed E-state index contributed by atoms with van der Waals surface area (Å²) in [4.78, 5) is 11.1. The number of amides is 1. The van der Waals surface area contributed by atoms with Gasteiger partial charge in [0.1, 0.15) is 5.60 Å². The largest absolute Gasteiger partial charge is 0.444 e. The third kappa shape index (κ3) is 9.32. The van der Waals surface area contributed by atoms with E-state index in [0.29, 0.717) is 13.0 Å². The van der Waals surface area contributed by atoms with Crippen LogP contribution in [0, 0.1) is 0 Å². The van der Waals surface area contributed by atoms with E-state index in [9.17, 15) is 9.90 Å². The number of rotatable bonds is 5. The maximum Gasteiger partial charge on any atom is 0.407 e. The number of alkyl carbamates (subject to hydrolysis) is 1. The number of hydrogen-bond acceptors (Lipinski definition) is 2. The second kappa shape index (κ2) is 6.65. The highest BCUT2D eigenvalue weighted by Gasteiger charge is 2.15. The van der Waals surface area contributed by atoms with E-state index in [1.165, 1.54) is 0 Å². The standard InChI is InChI=1S/C10H20NO3/c1-10(2,3)14-9(13)11-7-5-4-6-8-12/h4-8H2,1-3H3,(H,11,13). The van der Waals surface area contributed by atoms with E-state index in [1.807, 2.05) is 20.8 Å². The monoisotopic (exact) mass is 202 g/mol. The summed E-state index contributed by atoms with van der Waals surface area (Å²) in [6.45, 7) is 6.01. The van der Waals surface area contributed by atoms with Gasteiger partial charge in [0, 0.05) is 6.54 Å². The van der Waals surface area contributed by atoms with Gasteiger partial charge in [-0.25, -0.2) is 9.90 Å². The summed E-state index contributed by atoms with van der Waals surface area (Å²) in [5.74, 6) is 0. The Bertz CT molecular complexity index is 163. The number of nitrogens with one attached hydrogen (secondary N) is 1. The Morgan fingerprint density at radius 2 is 1.86 bits per heavy atom. The molecule has 4 heteroatoms. The zero-order valence-corrected chi connectivity index (χ0v) is 9.26. The molecular weight excluding hydrogens is 182 g/mol. The maximum absolute atomic E-state index is 11.1. The molecule has 1 radical (unpaired) electrons. The van der Waals surface area contributed by atoms with Crippen LogP contribution in [0.15, 0.2) is 0 Å². The Morgan fingerprint density at radius 1 is 1.21 bits per heavy atom. The van der Waals surface area contributed by atoms with Gasteiger partial charge in [-0.05, 0) is 40.0 Å². The maximum atomic E-state index is 11.1. The summed E-state index contributed by atoms with van der Waals surface area (Å²) in [6, 6.07) is 0. The second-order valence-corrected chi connectivity index (χ2v) is 4.19. The molecule has 0 saturated carbocycles. The third-order valence-electron chi connectivity index (χ3n) is 1.49. The van der Waals surface area contributed by atoms with Crippen LogP contribution < -0.4 is 5.32 Å². The molecule has 0 aromatic heterocycles. The smallest absolute Gasteiger partial charge is 0.407 e. The minimum absolute atomic E-state index is 0.0353. The molecule has 1 amide bonds. The van der Waals surface area contributed by atoms with Crippen LogP contribution in [0.2, 0.25) is 0 Å². The van der Waals surface area contributed by atoms with Crippen molar-refractivity contribution in [3.05, 3.63) is 0 Å². The number of unbranched alkanes of at least 4 members (excludes halogenated alkanes) is 2. The molecule has 0 rings (SSSR count). The first-order valence-electron chi connectivity index (χ1n) is 5.00. The fourth-order valence-corrected chi connectivity index (χ4v) is 0.908. The highest BCUT2D eigenvalue weighted by molar-refractivity contribution is 5.67. The second-order valence-electron chi connectivity index (χ2n) is 4.19. The molecule has 0 fully saturated rings. The van der Waals surface area contributed by atoms with Crippen LogP contribution in [-0.4, -0.2) is 24.8 Å². The van der Waals surface area contributed by atoms with Crippen LogP contribution in [0.4, 0.5) is 4.79 Å². The van der Waals surface area contributed by atoms with E-state index in [0.717, 1.165) is 12.8 Å². The lowest BCUT2D eigenvalue weighted by molar-refractivity contribution is 0.0527. The first-order valence-corrected chi connectivity index (χ1v) is 5.00. The summed E-state index contributed by atoms with van der Waals surface area (Å²) in [5, 5.41) is 12.7. The van der Waals surface area contributed by atoms with Gasteiger partial charge < -0.3 is 10.1 Å². The lowest BCUT2D eigenvalue weighted by Crippen LogP contribution is -2.32. The molecular formula is C10H20NO3. The SMILES string of the molecule is CC(C)(C)OC(=O)NCCCCC[O]. The van der Waals surface area contributed by atoms with Gasteiger partial charge in [-0.1, -0.05) is 0 Å². The predicted molar refractivity (Wildman–Crippen MR) is 53.6 cm³/mol. The van der Waals surface area contributed by atoms with Gasteiger partial charge >= 0.3 is 6.09 Å². The number of ether oxygens (including phenoxy) is 1. The fraction of sp³-hybridized carbons (Fsp3) is 0.900. The molecule has 1 N–H and O–H groups in total. The molecule has 0 aromatic carbocycles. The quantitative estimate of drug-likeness (QED) is 0.694. The summed E-state index contributed by atoms with van der Waals surface area (Å²) in [7, 11) is 0. The first kappa shape index (κ1) is 13.2. The molecule has 14 heavy (non-hydrogen) atoms. The predicted octanol–water partition coefficient (Wildman–Crippen LogP) is 2.11. The van der Waals surface area contributed by atoms with E-state index >= 15 is 0 Å². The van der Waals surface area contributed by atoms with Gasteiger partial charge in [0.25, 0.3) is 0 Å². The van der Waals surface area contributed by atoms with Gasteiger partial charge in [-0.3, -0.25) is 0 Å². The molecule has 0 bridgehead atoms. The van der Waals surface area contributed by atoms with Crippen molar-refractivity contribution in [2.24, 2.45) is 0 Å².